The summed E-state index contributed by atoms with van der Waals surface area (Å²) < 4.78 is 17.7. The minimum atomic E-state index is -0.395. The van der Waals surface area contributed by atoms with Crippen molar-refractivity contribution < 1.29 is 18.7 Å². The van der Waals surface area contributed by atoms with Gasteiger partial charge in [0.1, 0.15) is 12.4 Å². The normalized spacial score (nSPS) is 14.2. The molecule has 21 heavy (non-hydrogen) atoms. The van der Waals surface area contributed by atoms with Gasteiger partial charge in [-0.15, -0.1) is 0 Å². The lowest BCUT2D eigenvalue weighted by atomic mass is 10.2. The topological polar surface area (TPSA) is 46.6 Å². The molecular weight excluding hydrogens is 273 g/mol. The molecule has 0 spiro atoms. The monoisotopic (exact) mass is 291 g/mol. The Hall–Kier alpha value is -2.17. The Balaban J connectivity index is 1.98. The van der Waals surface area contributed by atoms with Gasteiger partial charge in [0.05, 0.1) is 6.61 Å². The number of amides is 1. The molecule has 1 saturated carbocycles. The molecule has 1 fully saturated rings. The Bertz CT molecular complexity index is 535. The number of carbonyl (C=O) groups is 2. The lowest BCUT2D eigenvalue weighted by Crippen LogP contribution is -2.37. The molecule has 0 heterocycles. The standard InChI is InChI=1S/C16H18FNO3/c1-2-21-16(20)11-18(14-8-9-14)15(19)10-5-12-3-6-13(17)7-4-12/h3-7,10,14H,2,8-9,11H2,1H3. The van der Waals surface area contributed by atoms with Crippen molar-refractivity contribution in [3.05, 3.63) is 41.7 Å². The maximum absolute atomic E-state index is 12.8. The Kier molecular flexibility index (Phi) is 5.09. The molecule has 1 amide bonds. The molecule has 1 aliphatic rings. The third kappa shape index (κ3) is 4.70. The molecule has 5 heteroatoms. The predicted molar refractivity (Wildman–Crippen MR) is 76.8 cm³/mol. The van der Waals surface area contributed by atoms with E-state index >= 15 is 0 Å². The lowest BCUT2D eigenvalue weighted by Gasteiger charge is -2.19. The summed E-state index contributed by atoms with van der Waals surface area (Å²) in [5, 5.41) is 0. The minimum Gasteiger partial charge on any atom is -0.465 e. The van der Waals surface area contributed by atoms with E-state index in [0.717, 1.165) is 18.4 Å². The second-order valence-corrected chi connectivity index (χ2v) is 4.89. The van der Waals surface area contributed by atoms with Crippen LogP contribution in [-0.2, 0) is 14.3 Å². The number of carbonyl (C=O) groups excluding carboxylic acids is 2. The molecule has 112 valence electrons. The van der Waals surface area contributed by atoms with E-state index in [9.17, 15) is 14.0 Å². The van der Waals surface area contributed by atoms with Crippen LogP contribution in [0.15, 0.2) is 30.3 Å². The van der Waals surface area contributed by atoms with Crippen LogP contribution in [-0.4, -0.2) is 36.0 Å². The molecule has 0 saturated heterocycles. The Morgan fingerprint density at radius 1 is 1.33 bits per heavy atom. The third-order valence-electron chi connectivity index (χ3n) is 3.16. The molecule has 0 radical (unpaired) electrons. The first-order chi connectivity index (χ1) is 10.1. The van der Waals surface area contributed by atoms with Gasteiger partial charge in [0.15, 0.2) is 0 Å². The smallest absolute Gasteiger partial charge is 0.325 e. The van der Waals surface area contributed by atoms with Gasteiger partial charge in [0, 0.05) is 12.1 Å². The molecule has 0 unspecified atom stereocenters. The van der Waals surface area contributed by atoms with Crippen LogP contribution in [0.5, 0.6) is 0 Å². The van der Waals surface area contributed by atoms with Crippen molar-refractivity contribution in [1.82, 2.24) is 4.90 Å². The van der Waals surface area contributed by atoms with E-state index in [1.807, 2.05) is 0 Å². The molecule has 4 nitrogen and oxygen atoms in total. The highest BCUT2D eigenvalue weighted by Gasteiger charge is 2.33. The van der Waals surface area contributed by atoms with E-state index in [4.69, 9.17) is 4.74 Å². The molecule has 0 atom stereocenters. The van der Waals surface area contributed by atoms with Crippen molar-refractivity contribution in [3.8, 4) is 0 Å². The fraction of sp³-hybridized carbons (Fsp3) is 0.375. The van der Waals surface area contributed by atoms with Crippen molar-refractivity contribution in [1.29, 1.82) is 0 Å². The van der Waals surface area contributed by atoms with Crippen molar-refractivity contribution >= 4 is 18.0 Å². The number of benzene rings is 1. The second kappa shape index (κ2) is 7.02. The number of ether oxygens (including phenoxy) is 1. The summed E-state index contributed by atoms with van der Waals surface area (Å²) in [6, 6.07) is 5.97. The quantitative estimate of drug-likeness (QED) is 0.597. The van der Waals surface area contributed by atoms with Crippen LogP contribution in [0.4, 0.5) is 4.39 Å². The van der Waals surface area contributed by atoms with Crippen LogP contribution >= 0.6 is 0 Å². The number of hydrogen-bond acceptors (Lipinski definition) is 3. The molecule has 0 aromatic heterocycles. The number of rotatable bonds is 6. The first kappa shape index (κ1) is 15.2. The Morgan fingerprint density at radius 3 is 2.57 bits per heavy atom. The van der Waals surface area contributed by atoms with E-state index in [0.29, 0.717) is 6.61 Å². The average molecular weight is 291 g/mol. The molecular formula is C16H18FNO3. The number of hydrogen-bond donors (Lipinski definition) is 0. The molecule has 0 aliphatic heterocycles. The molecule has 2 rings (SSSR count). The summed E-state index contributed by atoms with van der Waals surface area (Å²) in [6.07, 6.45) is 4.85. The van der Waals surface area contributed by atoms with Gasteiger partial charge in [-0.1, -0.05) is 12.1 Å². The van der Waals surface area contributed by atoms with Crippen LogP contribution in [0, 0.1) is 5.82 Å². The highest BCUT2D eigenvalue weighted by molar-refractivity contribution is 5.94. The molecule has 1 aliphatic carbocycles. The predicted octanol–water partition coefficient (Wildman–Crippen LogP) is 2.39. The van der Waals surface area contributed by atoms with Crippen LogP contribution < -0.4 is 0 Å². The number of esters is 1. The minimum absolute atomic E-state index is 0.0227. The average Bonchev–Trinajstić information content (AvgIpc) is 3.29. The summed E-state index contributed by atoms with van der Waals surface area (Å²) in [5.74, 6) is -0.941. The molecule has 1 aromatic carbocycles. The van der Waals surface area contributed by atoms with Crippen LogP contribution in [0.2, 0.25) is 0 Å². The lowest BCUT2D eigenvalue weighted by molar-refractivity contribution is -0.148. The van der Waals surface area contributed by atoms with E-state index in [1.54, 1.807) is 25.1 Å². The number of nitrogens with zero attached hydrogens (tertiary/aromatic N) is 1. The van der Waals surface area contributed by atoms with E-state index < -0.39 is 5.97 Å². The van der Waals surface area contributed by atoms with E-state index in [1.165, 1.54) is 23.1 Å². The summed E-state index contributed by atoms with van der Waals surface area (Å²) in [5.41, 5.74) is 0.733. The van der Waals surface area contributed by atoms with Crippen LogP contribution in [0.1, 0.15) is 25.3 Å². The first-order valence-electron chi connectivity index (χ1n) is 7.00. The zero-order chi connectivity index (χ0) is 15.2. The van der Waals surface area contributed by atoms with Gasteiger partial charge < -0.3 is 9.64 Å². The van der Waals surface area contributed by atoms with E-state index in [2.05, 4.69) is 0 Å². The SMILES string of the molecule is CCOC(=O)CN(C(=O)C=Cc1ccc(F)cc1)C1CC1. The summed E-state index contributed by atoms with van der Waals surface area (Å²) in [6.45, 7) is 2.01. The largest absolute Gasteiger partial charge is 0.465 e. The summed E-state index contributed by atoms with van der Waals surface area (Å²) >= 11 is 0. The van der Waals surface area contributed by atoms with Gasteiger partial charge in [0.25, 0.3) is 0 Å². The van der Waals surface area contributed by atoms with Crippen molar-refractivity contribution in [2.45, 2.75) is 25.8 Å². The summed E-state index contributed by atoms with van der Waals surface area (Å²) in [7, 11) is 0. The Labute approximate surface area is 123 Å². The zero-order valence-corrected chi connectivity index (χ0v) is 11.9. The van der Waals surface area contributed by atoms with Crippen molar-refractivity contribution in [2.24, 2.45) is 0 Å². The van der Waals surface area contributed by atoms with Gasteiger partial charge in [-0.2, -0.15) is 0 Å². The highest BCUT2D eigenvalue weighted by Crippen LogP contribution is 2.27. The van der Waals surface area contributed by atoms with Crippen molar-refractivity contribution in [3.63, 3.8) is 0 Å². The first-order valence-corrected chi connectivity index (χ1v) is 7.00. The van der Waals surface area contributed by atoms with Gasteiger partial charge in [-0.25, -0.2) is 4.39 Å². The molecule has 0 N–H and O–H groups in total. The van der Waals surface area contributed by atoms with Gasteiger partial charge in [-0.05, 0) is 43.5 Å². The summed E-state index contributed by atoms with van der Waals surface area (Å²) in [4.78, 5) is 25.2. The maximum Gasteiger partial charge on any atom is 0.325 e. The van der Waals surface area contributed by atoms with Gasteiger partial charge in [0.2, 0.25) is 5.91 Å². The third-order valence-corrected chi connectivity index (χ3v) is 3.16. The molecule has 0 bridgehead atoms. The zero-order valence-electron chi connectivity index (χ0n) is 11.9. The maximum atomic E-state index is 12.8. The second-order valence-electron chi connectivity index (χ2n) is 4.89. The number of halogens is 1. The Morgan fingerprint density at radius 2 is 2.00 bits per heavy atom. The fourth-order valence-electron chi connectivity index (χ4n) is 1.96. The van der Waals surface area contributed by atoms with E-state index in [-0.39, 0.29) is 24.3 Å². The van der Waals surface area contributed by atoms with Gasteiger partial charge >= 0.3 is 5.97 Å². The highest BCUT2D eigenvalue weighted by atomic mass is 19.1. The van der Waals surface area contributed by atoms with Crippen molar-refractivity contribution in [2.75, 3.05) is 13.2 Å². The fourth-order valence-corrected chi connectivity index (χ4v) is 1.96. The van der Waals surface area contributed by atoms with Crippen LogP contribution in [0.25, 0.3) is 6.08 Å². The van der Waals surface area contributed by atoms with Gasteiger partial charge in [-0.3, -0.25) is 9.59 Å². The van der Waals surface area contributed by atoms with Crippen LogP contribution in [0.3, 0.4) is 0 Å². The molecule has 1 aromatic rings.